The van der Waals surface area contributed by atoms with Crippen molar-refractivity contribution in [3.8, 4) is 0 Å². The Bertz CT molecular complexity index is 936. The second-order valence-electron chi connectivity index (χ2n) is 6.63. The zero-order valence-corrected chi connectivity index (χ0v) is 16.2. The molecule has 0 amide bonds. The van der Waals surface area contributed by atoms with E-state index in [4.69, 9.17) is 0 Å². The van der Waals surface area contributed by atoms with E-state index in [0.29, 0.717) is 13.0 Å². The number of anilines is 1. The number of hydrogen-bond acceptors (Lipinski definition) is 4. The third kappa shape index (κ3) is 2.85. The molecule has 0 unspecified atom stereocenters. The van der Waals surface area contributed by atoms with Gasteiger partial charge in [-0.3, -0.25) is 0 Å². The lowest BCUT2D eigenvalue weighted by Gasteiger charge is -2.38. The van der Waals surface area contributed by atoms with E-state index in [9.17, 15) is 17.9 Å². The number of fused-ring (bicyclic) bond motifs is 3. The van der Waals surface area contributed by atoms with Crippen LogP contribution in [0.3, 0.4) is 0 Å². The molecule has 3 atom stereocenters. The third-order valence-electron chi connectivity index (χ3n) is 5.21. The summed E-state index contributed by atoms with van der Waals surface area (Å²) in [5.41, 5.74) is 1.71. The number of nitrogens with zero attached hydrogens (tertiary/aromatic N) is 1. The highest BCUT2D eigenvalue weighted by molar-refractivity contribution is 9.10. The fourth-order valence-corrected chi connectivity index (χ4v) is 6.05. The first-order valence-corrected chi connectivity index (χ1v) is 10.6. The topological polar surface area (TPSA) is 69.6 Å². The summed E-state index contributed by atoms with van der Waals surface area (Å²) in [6.45, 7) is 0.292. The van der Waals surface area contributed by atoms with E-state index >= 15 is 0 Å². The Balaban J connectivity index is 1.81. The Labute approximate surface area is 160 Å². The van der Waals surface area contributed by atoms with E-state index in [1.54, 1.807) is 0 Å². The van der Waals surface area contributed by atoms with Crippen molar-refractivity contribution in [2.45, 2.75) is 23.4 Å². The Morgan fingerprint density at radius 1 is 1.23 bits per heavy atom. The van der Waals surface area contributed by atoms with Crippen molar-refractivity contribution in [3.63, 3.8) is 0 Å². The minimum atomic E-state index is -3.77. The molecular formula is C18H18BrFN2O3S. The predicted molar refractivity (Wildman–Crippen MR) is 99.8 cm³/mol. The summed E-state index contributed by atoms with van der Waals surface area (Å²) in [5, 5.41) is 13.1. The molecular weight excluding hydrogens is 423 g/mol. The molecule has 0 radical (unpaired) electrons. The van der Waals surface area contributed by atoms with Crippen molar-refractivity contribution >= 4 is 31.6 Å². The van der Waals surface area contributed by atoms with Gasteiger partial charge in [-0.15, -0.1) is 0 Å². The second kappa shape index (κ2) is 6.60. The highest BCUT2D eigenvalue weighted by atomic mass is 79.9. The van der Waals surface area contributed by atoms with Crippen molar-refractivity contribution in [2.75, 3.05) is 18.5 Å². The Morgan fingerprint density at radius 3 is 2.65 bits per heavy atom. The SMILES string of the molecule is O=S(=O)(c1ccc(F)cc1)N1CC[C@@H]2[C@H]1c1cc(Br)ccc1N[C@@H]2CO. The van der Waals surface area contributed by atoms with Gasteiger partial charge >= 0.3 is 0 Å². The van der Waals surface area contributed by atoms with Gasteiger partial charge < -0.3 is 10.4 Å². The van der Waals surface area contributed by atoms with Crippen LogP contribution in [0, 0.1) is 11.7 Å². The minimum absolute atomic E-state index is 0.0305. The van der Waals surface area contributed by atoms with Crippen LogP contribution in [-0.4, -0.2) is 37.0 Å². The van der Waals surface area contributed by atoms with Crippen molar-refractivity contribution in [1.82, 2.24) is 4.31 Å². The normalized spacial score (nSPS) is 25.4. The van der Waals surface area contributed by atoms with Crippen LogP contribution < -0.4 is 5.32 Å². The van der Waals surface area contributed by atoms with Gasteiger partial charge in [-0.2, -0.15) is 4.31 Å². The lowest BCUT2D eigenvalue weighted by molar-refractivity contribution is 0.210. The van der Waals surface area contributed by atoms with E-state index in [0.717, 1.165) is 27.9 Å². The fourth-order valence-electron chi connectivity index (χ4n) is 4.00. The van der Waals surface area contributed by atoms with Gasteiger partial charge in [-0.05, 0) is 54.4 Å². The molecule has 0 bridgehead atoms. The summed E-state index contributed by atoms with van der Waals surface area (Å²) in [6.07, 6.45) is 0.648. The van der Waals surface area contributed by atoms with E-state index < -0.39 is 15.8 Å². The smallest absolute Gasteiger partial charge is 0.243 e. The predicted octanol–water partition coefficient (Wildman–Crippen LogP) is 3.13. The van der Waals surface area contributed by atoms with Crippen molar-refractivity contribution in [3.05, 3.63) is 58.3 Å². The Morgan fingerprint density at radius 2 is 1.96 bits per heavy atom. The van der Waals surface area contributed by atoms with Crippen LogP contribution in [-0.2, 0) is 10.0 Å². The molecule has 8 heteroatoms. The molecule has 2 aromatic rings. The van der Waals surface area contributed by atoms with E-state index in [2.05, 4.69) is 21.2 Å². The van der Waals surface area contributed by atoms with Gasteiger partial charge in [0.1, 0.15) is 5.82 Å². The van der Waals surface area contributed by atoms with E-state index in [1.165, 1.54) is 16.4 Å². The number of halogens is 2. The number of aliphatic hydroxyl groups excluding tert-OH is 1. The zero-order chi connectivity index (χ0) is 18.5. The summed E-state index contributed by atoms with van der Waals surface area (Å²) in [5.74, 6) is -0.503. The molecule has 0 saturated carbocycles. The standard InChI is InChI=1S/C18H18BrFN2O3S/c19-11-1-6-16-15(9-11)18-14(17(10-23)21-16)7-8-22(18)26(24,25)13-4-2-12(20)3-5-13/h1-6,9,14,17-18,21,23H,7-8,10H2/t14-,17+,18-/m0/s1. The van der Waals surface area contributed by atoms with Crippen molar-refractivity contribution in [1.29, 1.82) is 0 Å². The molecule has 2 aliphatic rings. The monoisotopic (exact) mass is 440 g/mol. The summed E-state index contributed by atoms with van der Waals surface area (Å²) < 4.78 is 42.0. The molecule has 0 aromatic heterocycles. The van der Waals surface area contributed by atoms with Gasteiger partial charge in [0.15, 0.2) is 0 Å². The fraction of sp³-hybridized carbons (Fsp3) is 0.333. The highest BCUT2D eigenvalue weighted by Crippen LogP contribution is 2.48. The third-order valence-corrected chi connectivity index (χ3v) is 7.59. The van der Waals surface area contributed by atoms with Crippen molar-refractivity contribution < 1.29 is 17.9 Å². The van der Waals surface area contributed by atoms with Gasteiger partial charge in [0.25, 0.3) is 0 Å². The average Bonchev–Trinajstić information content (AvgIpc) is 3.08. The first-order chi connectivity index (χ1) is 12.4. The molecule has 1 saturated heterocycles. The summed E-state index contributed by atoms with van der Waals surface area (Å²) in [6, 6.07) is 10.0. The van der Waals surface area contributed by atoms with Gasteiger partial charge in [0.05, 0.1) is 23.6 Å². The molecule has 2 aliphatic heterocycles. The molecule has 0 aliphatic carbocycles. The van der Waals surface area contributed by atoms with Crippen LogP contribution in [0.4, 0.5) is 10.1 Å². The average molecular weight is 441 g/mol. The number of sulfonamides is 1. The maximum Gasteiger partial charge on any atom is 0.243 e. The molecule has 5 nitrogen and oxygen atoms in total. The molecule has 26 heavy (non-hydrogen) atoms. The zero-order valence-electron chi connectivity index (χ0n) is 13.8. The number of hydrogen-bond donors (Lipinski definition) is 2. The summed E-state index contributed by atoms with van der Waals surface area (Å²) in [4.78, 5) is 0.0789. The van der Waals surface area contributed by atoms with Gasteiger partial charge in [-0.25, -0.2) is 12.8 Å². The molecule has 4 rings (SSSR count). The largest absolute Gasteiger partial charge is 0.394 e. The van der Waals surface area contributed by atoms with Crippen LogP contribution >= 0.6 is 15.9 Å². The first-order valence-electron chi connectivity index (χ1n) is 8.36. The second-order valence-corrected chi connectivity index (χ2v) is 9.44. The quantitative estimate of drug-likeness (QED) is 0.768. The lowest BCUT2D eigenvalue weighted by Crippen LogP contribution is -2.42. The molecule has 138 valence electrons. The number of rotatable bonds is 3. The minimum Gasteiger partial charge on any atom is -0.394 e. The van der Waals surface area contributed by atoms with Gasteiger partial charge in [-0.1, -0.05) is 15.9 Å². The van der Waals surface area contributed by atoms with Crippen LogP contribution in [0.25, 0.3) is 0 Å². The Kier molecular flexibility index (Phi) is 4.54. The molecule has 0 spiro atoms. The van der Waals surface area contributed by atoms with Crippen LogP contribution in [0.15, 0.2) is 51.8 Å². The number of nitrogens with one attached hydrogen (secondary N) is 1. The molecule has 1 fully saturated rings. The summed E-state index contributed by atoms with van der Waals surface area (Å²) in [7, 11) is -3.77. The molecule has 2 N–H and O–H groups in total. The molecule has 2 aromatic carbocycles. The number of benzene rings is 2. The van der Waals surface area contributed by atoms with Gasteiger partial charge in [0, 0.05) is 22.6 Å². The van der Waals surface area contributed by atoms with Gasteiger partial charge in [0.2, 0.25) is 10.0 Å². The van der Waals surface area contributed by atoms with E-state index in [-0.39, 0.29) is 29.5 Å². The first kappa shape index (κ1) is 17.9. The summed E-state index contributed by atoms with van der Waals surface area (Å²) >= 11 is 3.46. The lowest BCUT2D eigenvalue weighted by atomic mass is 9.84. The van der Waals surface area contributed by atoms with Crippen LogP contribution in [0.2, 0.25) is 0 Å². The van der Waals surface area contributed by atoms with Crippen LogP contribution in [0.5, 0.6) is 0 Å². The van der Waals surface area contributed by atoms with E-state index in [1.807, 2.05) is 18.2 Å². The molecule has 2 heterocycles. The highest BCUT2D eigenvalue weighted by Gasteiger charge is 2.48. The van der Waals surface area contributed by atoms with Crippen molar-refractivity contribution in [2.24, 2.45) is 5.92 Å². The number of aliphatic hydroxyl groups is 1. The maximum absolute atomic E-state index is 13.2. The Hall–Kier alpha value is -1.48. The van der Waals surface area contributed by atoms with Crippen LogP contribution in [0.1, 0.15) is 18.0 Å². The maximum atomic E-state index is 13.2.